The summed E-state index contributed by atoms with van der Waals surface area (Å²) in [5.74, 6) is 1.85. The maximum atomic E-state index is 7.57. The first-order valence-electron chi connectivity index (χ1n) is 23.3. The number of ether oxygens (including phenoxy) is 1. The van der Waals surface area contributed by atoms with Crippen LogP contribution in [0.25, 0.3) is 44.5 Å². The van der Waals surface area contributed by atoms with Gasteiger partial charge in [0.15, 0.2) is 23.6 Å². The van der Waals surface area contributed by atoms with Crippen molar-refractivity contribution in [3.63, 3.8) is 0 Å². The molecular weight excluding hydrogens is 802 g/mol. The zero-order valence-electron chi connectivity index (χ0n) is 35.2. The lowest BCUT2D eigenvalue weighted by atomic mass is 9.29. The molecule has 0 saturated carbocycles. The summed E-state index contributed by atoms with van der Waals surface area (Å²) in [6.07, 6.45) is 13.5. The Kier molecular flexibility index (Phi) is 4.95. The van der Waals surface area contributed by atoms with Gasteiger partial charge in [-0.25, -0.2) is 0 Å². The zero-order chi connectivity index (χ0) is 42.2. The van der Waals surface area contributed by atoms with Gasteiger partial charge in [0.1, 0.15) is 22.6 Å². The van der Waals surface area contributed by atoms with E-state index >= 15 is 0 Å². The molecule has 4 aromatic heterocycles. The first-order valence-corrected chi connectivity index (χ1v) is 23.3. The third-order valence-electron chi connectivity index (χ3n) is 17.9. The first-order chi connectivity index (χ1) is 32.8. The lowest BCUT2D eigenvalue weighted by Crippen LogP contribution is -2.93. The van der Waals surface area contributed by atoms with Crippen LogP contribution < -0.4 is 46.9 Å². The number of fused-ring (bicyclic) bond motifs is 16. The highest BCUT2D eigenvalue weighted by Crippen LogP contribution is 2.62. The summed E-state index contributed by atoms with van der Waals surface area (Å²) in [6, 6.07) is 55.3. The maximum Gasteiger partial charge on any atom is 0.420 e. The van der Waals surface area contributed by atoms with Crippen LogP contribution in [0.3, 0.4) is 0 Å². The average Bonchev–Trinajstić information content (AvgIpc) is 4.09. The van der Waals surface area contributed by atoms with Crippen molar-refractivity contribution in [1.82, 2.24) is 9.97 Å². The molecule has 0 bridgehead atoms. The van der Waals surface area contributed by atoms with E-state index in [0.29, 0.717) is 0 Å². The molecular formula is C59H30B2N4O+2. The number of benzene rings is 6. The van der Waals surface area contributed by atoms with Crippen LogP contribution in [0, 0.1) is 0 Å². The van der Waals surface area contributed by atoms with Crippen molar-refractivity contribution in [2.24, 2.45) is 0 Å². The van der Waals surface area contributed by atoms with Crippen molar-refractivity contribution in [2.45, 2.75) is 16.5 Å². The quantitative estimate of drug-likeness (QED) is 0.152. The van der Waals surface area contributed by atoms with E-state index in [9.17, 15) is 0 Å². The van der Waals surface area contributed by atoms with E-state index < -0.39 is 16.5 Å². The van der Waals surface area contributed by atoms with Crippen LogP contribution >= 0.6 is 0 Å². The van der Waals surface area contributed by atoms with Gasteiger partial charge in [-0.05, 0) is 113 Å². The summed E-state index contributed by atoms with van der Waals surface area (Å²) in [5.41, 5.74) is 29.3. The largest absolute Gasteiger partial charge is 0.456 e. The Hall–Kier alpha value is -8.15. The summed E-state index contributed by atoms with van der Waals surface area (Å²) >= 11 is 0. The van der Waals surface area contributed by atoms with Crippen molar-refractivity contribution in [3.8, 4) is 56.0 Å². The second-order valence-electron chi connectivity index (χ2n) is 19.8. The van der Waals surface area contributed by atoms with Crippen LogP contribution in [0.15, 0.2) is 183 Å². The molecule has 11 heterocycles. The Morgan fingerprint density at radius 1 is 0.348 bits per heavy atom. The molecule has 3 spiro atoms. The summed E-state index contributed by atoms with van der Waals surface area (Å²) in [7, 11) is 0. The molecule has 0 fully saturated rings. The molecule has 0 N–H and O–H groups in total. The Morgan fingerprint density at radius 3 is 1.17 bits per heavy atom. The number of nitrogens with zero attached hydrogens (tertiary/aromatic N) is 4. The number of hydrogen-bond acceptors (Lipinski definition) is 3. The van der Waals surface area contributed by atoms with Crippen molar-refractivity contribution in [1.29, 1.82) is 0 Å². The van der Waals surface area contributed by atoms with E-state index in [1.165, 1.54) is 133 Å². The van der Waals surface area contributed by atoms with Crippen LogP contribution in [0.4, 0.5) is 0 Å². The topological polar surface area (TPSA) is 42.8 Å². The fraction of sp³-hybridized carbons (Fsp3) is 0.0508. The van der Waals surface area contributed by atoms with Crippen molar-refractivity contribution >= 4 is 46.5 Å². The van der Waals surface area contributed by atoms with E-state index in [2.05, 4.69) is 192 Å². The third-order valence-corrected chi connectivity index (χ3v) is 17.9. The van der Waals surface area contributed by atoms with Gasteiger partial charge in [-0.15, -0.1) is 9.13 Å². The summed E-state index contributed by atoms with van der Waals surface area (Å²) in [4.78, 5) is 10.4. The summed E-state index contributed by atoms with van der Waals surface area (Å²) in [6.45, 7) is -0.0222. The Labute approximate surface area is 379 Å². The molecule has 0 amide bonds. The van der Waals surface area contributed by atoms with Gasteiger partial charge in [0.25, 0.3) is 0 Å². The number of rotatable bonds is 0. The van der Waals surface area contributed by atoms with Crippen LogP contribution in [-0.2, 0) is 16.5 Å². The molecule has 6 aromatic carbocycles. The molecule has 296 valence electrons. The highest BCUT2D eigenvalue weighted by Gasteiger charge is 2.76. The maximum absolute atomic E-state index is 7.57. The number of aromatic nitrogens is 4. The molecule has 0 unspecified atom stereocenters. The summed E-state index contributed by atoms with van der Waals surface area (Å²) in [5, 5.41) is 0. The first kappa shape index (κ1) is 32.5. The van der Waals surface area contributed by atoms with Gasteiger partial charge in [-0.2, -0.15) is 0 Å². The highest BCUT2D eigenvalue weighted by atomic mass is 16.5. The molecule has 0 radical (unpaired) electrons. The zero-order valence-corrected chi connectivity index (χ0v) is 35.2. The predicted octanol–water partition coefficient (Wildman–Crippen LogP) is 5.43. The van der Waals surface area contributed by atoms with E-state index in [1.807, 2.05) is 0 Å². The van der Waals surface area contributed by atoms with E-state index in [-0.39, 0.29) is 13.4 Å². The van der Waals surface area contributed by atoms with Gasteiger partial charge in [0.05, 0.1) is 10.8 Å². The third kappa shape index (κ3) is 2.87. The van der Waals surface area contributed by atoms with Gasteiger partial charge in [-0.3, -0.25) is 9.97 Å². The van der Waals surface area contributed by atoms with Crippen LogP contribution in [-0.4, -0.2) is 23.4 Å². The van der Waals surface area contributed by atoms with Gasteiger partial charge in [0.2, 0.25) is 0 Å². The molecule has 10 aromatic rings. The lowest BCUT2D eigenvalue weighted by Gasteiger charge is -2.48. The molecule has 7 aliphatic heterocycles. The number of hydrogen-bond donors (Lipinski definition) is 0. The Morgan fingerprint density at radius 2 is 0.742 bits per heavy atom. The van der Waals surface area contributed by atoms with Gasteiger partial charge >= 0.3 is 19.1 Å². The minimum absolute atomic E-state index is 0.0111. The molecule has 7 heteroatoms. The highest BCUT2D eigenvalue weighted by molar-refractivity contribution is 7.00. The number of pyridine rings is 4. The molecule has 9 aliphatic rings. The minimum Gasteiger partial charge on any atom is -0.456 e. The Bertz CT molecular complexity index is 3800. The SMILES string of the molecule is c1ccc2c(c1)-c1ccccc1C21c2cncc3c2B2c4c1ccc1c4C4(c5c(ccc6c5B5c7c(cncc7C67c6ccccc6-c6ccccc67)-c6ccc[n+]4c65)O1)[n+]1cccc-3c12. The standard InChI is InChI=1S/C59H30B2N4O/c1-5-17-39-31(11-1)32-12-2-6-18-40(32)57(39)43-21-23-47-49-53(43)60-51-37(27-62-29-45(51)57)35-15-9-25-64(55(35)60)59(49)50-48(66-47)24-22-44-54(50)61-52-38(36-16-10-26-65(59)56(36)61)28-63-30-46(52)58(44)41-19-7-3-13-33(41)34-14-4-8-20-42(34)58/h1-30H/q+2. The minimum atomic E-state index is -0.846. The van der Waals surface area contributed by atoms with E-state index in [1.54, 1.807) is 0 Å². The normalized spacial score (nSPS) is 17.2. The summed E-state index contributed by atoms with van der Waals surface area (Å²) < 4.78 is 13.0. The van der Waals surface area contributed by atoms with Crippen LogP contribution in [0.1, 0.15) is 55.6 Å². The fourth-order valence-corrected chi connectivity index (χ4v) is 16.2. The smallest absolute Gasteiger partial charge is 0.420 e. The second kappa shape index (κ2) is 10.0. The molecule has 0 atom stereocenters. The second-order valence-corrected chi connectivity index (χ2v) is 19.8. The van der Waals surface area contributed by atoms with E-state index in [0.717, 1.165) is 11.5 Å². The molecule has 66 heavy (non-hydrogen) atoms. The van der Waals surface area contributed by atoms with Gasteiger partial charge in [-0.1, -0.05) is 109 Å². The molecule has 19 rings (SSSR count). The molecule has 2 aliphatic carbocycles. The van der Waals surface area contributed by atoms with E-state index in [4.69, 9.17) is 14.7 Å². The Balaban J connectivity index is 1.05. The molecule has 5 nitrogen and oxygen atoms in total. The average molecular weight is 833 g/mol. The van der Waals surface area contributed by atoms with Crippen molar-refractivity contribution in [2.75, 3.05) is 0 Å². The van der Waals surface area contributed by atoms with Crippen LogP contribution in [0.5, 0.6) is 11.5 Å². The van der Waals surface area contributed by atoms with Crippen molar-refractivity contribution < 1.29 is 13.9 Å². The monoisotopic (exact) mass is 832 g/mol. The predicted molar refractivity (Wildman–Crippen MR) is 255 cm³/mol. The molecule has 0 saturated heterocycles. The van der Waals surface area contributed by atoms with Gasteiger partial charge < -0.3 is 4.74 Å². The lowest BCUT2D eigenvalue weighted by molar-refractivity contribution is -0.958. The van der Waals surface area contributed by atoms with Gasteiger partial charge in [0, 0.05) is 59.2 Å². The van der Waals surface area contributed by atoms with Crippen molar-refractivity contribution in [3.05, 3.63) is 238 Å². The fourth-order valence-electron chi connectivity index (χ4n) is 16.2. The van der Waals surface area contributed by atoms with Crippen LogP contribution in [0.2, 0.25) is 0 Å².